The second-order valence-corrected chi connectivity index (χ2v) is 8.58. The zero-order valence-corrected chi connectivity index (χ0v) is 21.1. The molecule has 1 atom stereocenters. The van der Waals surface area contributed by atoms with E-state index >= 15 is 0 Å². The number of ether oxygens (including phenoxy) is 3. The number of benzene rings is 2. The second kappa shape index (κ2) is 10.9. The highest BCUT2D eigenvalue weighted by molar-refractivity contribution is 6.46. The topological polar surface area (TPSA) is 90.2 Å². The van der Waals surface area contributed by atoms with Crippen molar-refractivity contribution in [3.8, 4) is 11.5 Å². The predicted octanol–water partition coefficient (Wildman–Crippen LogP) is 4.43. The van der Waals surface area contributed by atoms with Gasteiger partial charge in [0.2, 0.25) is 0 Å². The first-order valence-electron chi connectivity index (χ1n) is 12.1. The third-order valence-electron chi connectivity index (χ3n) is 6.33. The number of nitrogens with zero attached hydrogens (tertiary/aromatic N) is 2. The van der Waals surface area contributed by atoms with Gasteiger partial charge in [0.15, 0.2) is 0 Å². The van der Waals surface area contributed by atoms with E-state index in [4.69, 9.17) is 14.2 Å². The third-order valence-corrected chi connectivity index (χ3v) is 6.33. The zero-order chi connectivity index (χ0) is 25.8. The Balaban J connectivity index is 1.92. The number of aromatic nitrogens is 1. The predicted molar refractivity (Wildman–Crippen MR) is 137 cm³/mol. The van der Waals surface area contributed by atoms with Gasteiger partial charge in [-0.15, -0.1) is 0 Å². The maximum absolute atomic E-state index is 13.4. The van der Waals surface area contributed by atoms with E-state index in [2.05, 4.69) is 0 Å². The second-order valence-electron chi connectivity index (χ2n) is 8.58. The van der Waals surface area contributed by atoms with Crippen LogP contribution in [-0.4, -0.2) is 59.7 Å². The Hall–Kier alpha value is -3.78. The van der Waals surface area contributed by atoms with Crippen LogP contribution in [0, 0.1) is 0 Å². The molecule has 0 saturated carbocycles. The fraction of sp³-hybridized carbons (Fsp3) is 0.357. The maximum atomic E-state index is 13.4. The number of likely N-dealkylation sites (tertiary alicyclic amines) is 1. The molecular weight excluding hydrogens is 460 g/mol. The molecular formula is C28H32N2O6. The summed E-state index contributed by atoms with van der Waals surface area (Å²) in [7, 11) is 3.51. The lowest BCUT2D eigenvalue weighted by Gasteiger charge is -2.25. The quantitative estimate of drug-likeness (QED) is 0.195. The third kappa shape index (κ3) is 4.56. The molecule has 1 amide bonds. The van der Waals surface area contributed by atoms with Crippen LogP contribution < -0.4 is 9.47 Å². The molecule has 2 heterocycles. The summed E-state index contributed by atoms with van der Waals surface area (Å²) < 4.78 is 18.5. The van der Waals surface area contributed by atoms with Crippen molar-refractivity contribution in [2.45, 2.75) is 26.3 Å². The standard InChI is InChI=1S/C28H32N2O6/c1-5-35-18-12-13-20(23(16-18)36-6-2)26(31)24-25(30(14-9-15-34-4)28(33)27(24)32)21-17-29(3)22-11-8-7-10-19(21)22/h7-8,10-13,16-17,25,31H,5-6,9,14-15H2,1-4H3/b26-24+. The molecule has 8 nitrogen and oxygen atoms in total. The molecule has 1 aliphatic heterocycles. The summed E-state index contributed by atoms with van der Waals surface area (Å²) in [5.74, 6) is -0.674. The van der Waals surface area contributed by atoms with Crippen LogP contribution in [0.1, 0.15) is 37.4 Å². The van der Waals surface area contributed by atoms with E-state index in [1.54, 1.807) is 25.3 Å². The summed E-state index contributed by atoms with van der Waals surface area (Å²) in [5, 5.41) is 12.5. The Labute approximate surface area is 210 Å². The van der Waals surface area contributed by atoms with Crippen molar-refractivity contribution in [3.63, 3.8) is 0 Å². The van der Waals surface area contributed by atoms with Crippen LogP contribution >= 0.6 is 0 Å². The first-order valence-corrected chi connectivity index (χ1v) is 12.1. The Bertz CT molecular complexity index is 1310. The minimum atomic E-state index is -0.756. The van der Waals surface area contributed by atoms with Gasteiger partial charge in [-0.05, 0) is 38.5 Å². The number of hydrogen-bond donors (Lipinski definition) is 1. The van der Waals surface area contributed by atoms with Crippen LogP contribution in [0.5, 0.6) is 11.5 Å². The normalized spacial score (nSPS) is 17.2. The number of aliphatic hydroxyl groups is 1. The maximum Gasteiger partial charge on any atom is 0.295 e. The van der Waals surface area contributed by atoms with Crippen LogP contribution in [0.4, 0.5) is 0 Å². The summed E-state index contributed by atoms with van der Waals surface area (Å²) in [4.78, 5) is 28.2. The van der Waals surface area contributed by atoms with Gasteiger partial charge in [-0.1, -0.05) is 18.2 Å². The zero-order valence-electron chi connectivity index (χ0n) is 21.1. The van der Waals surface area contributed by atoms with Crippen LogP contribution in [0.2, 0.25) is 0 Å². The minimum Gasteiger partial charge on any atom is -0.507 e. The number of hydrogen-bond acceptors (Lipinski definition) is 6. The van der Waals surface area contributed by atoms with Crippen molar-refractivity contribution in [1.82, 2.24) is 9.47 Å². The van der Waals surface area contributed by atoms with Gasteiger partial charge in [0.25, 0.3) is 11.7 Å². The molecule has 190 valence electrons. The fourth-order valence-electron chi connectivity index (χ4n) is 4.78. The number of fused-ring (bicyclic) bond motifs is 1. The Morgan fingerprint density at radius 2 is 1.81 bits per heavy atom. The van der Waals surface area contributed by atoms with Gasteiger partial charge >= 0.3 is 0 Å². The first-order chi connectivity index (χ1) is 17.4. The van der Waals surface area contributed by atoms with Gasteiger partial charge in [0.05, 0.1) is 30.4 Å². The van der Waals surface area contributed by atoms with E-state index in [0.717, 1.165) is 16.5 Å². The number of amides is 1. The minimum absolute atomic E-state index is 0.0406. The van der Waals surface area contributed by atoms with Crippen molar-refractivity contribution < 1.29 is 28.9 Å². The Morgan fingerprint density at radius 3 is 2.53 bits per heavy atom. The molecule has 0 radical (unpaired) electrons. The van der Waals surface area contributed by atoms with Crippen LogP contribution in [0.25, 0.3) is 16.7 Å². The van der Waals surface area contributed by atoms with Crippen molar-refractivity contribution >= 4 is 28.4 Å². The smallest absolute Gasteiger partial charge is 0.295 e. The number of carbonyl (C=O) groups is 2. The molecule has 1 N–H and O–H groups in total. The molecule has 1 fully saturated rings. The van der Waals surface area contributed by atoms with Crippen molar-refractivity contribution in [2.24, 2.45) is 7.05 Å². The molecule has 2 aromatic carbocycles. The van der Waals surface area contributed by atoms with E-state index in [9.17, 15) is 14.7 Å². The fourth-order valence-corrected chi connectivity index (χ4v) is 4.78. The summed E-state index contributed by atoms with van der Waals surface area (Å²) in [6, 6.07) is 12.1. The highest BCUT2D eigenvalue weighted by Crippen LogP contribution is 2.44. The highest BCUT2D eigenvalue weighted by Gasteiger charge is 2.47. The molecule has 1 unspecified atom stereocenters. The van der Waals surface area contributed by atoms with Gasteiger partial charge < -0.3 is 28.8 Å². The molecule has 1 aromatic heterocycles. The number of ketones is 1. The van der Waals surface area contributed by atoms with Crippen LogP contribution in [0.15, 0.2) is 54.2 Å². The molecule has 0 aliphatic carbocycles. The molecule has 0 spiro atoms. The van der Waals surface area contributed by atoms with E-state index in [1.807, 2.05) is 55.9 Å². The Kier molecular flexibility index (Phi) is 7.64. The summed E-state index contributed by atoms with van der Waals surface area (Å²) in [6.07, 6.45) is 2.47. The molecule has 4 rings (SSSR count). The lowest BCUT2D eigenvalue weighted by Crippen LogP contribution is -2.31. The first kappa shape index (κ1) is 25.3. The van der Waals surface area contributed by atoms with Gasteiger partial charge in [-0.25, -0.2) is 0 Å². The number of carbonyl (C=O) groups excluding carboxylic acids is 2. The van der Waals surface area contributed by atoms with Crippen LogP contribution in [0.3, 0.4) is 0 Å². The molecule has 36 heavy (non-hydrogen) atoms. The van der Waals surface area contributed by atoms with Crippen LogP contribution in [-0.2, 0) is 21.4 Å². The van der Waals surface area contributed by atoms with E-state index in [-0.39, 0.29) is 11.3 Å². The number of aryl methyl sites for hydroxylation is 1. The average Bonchev–Trinajstić information content (AvgIpc) is 3.33. The summed E-state index contributed by atoms with van der Waals surface area (Å²) in [6.45, 7) is 5.30. The number of para-hydroxylation sites is 1. The molecule has 1 saturated heterocycles. The summed E-state index contributed by atoms with van der Waals surface area (Å²) >= 11 is 0. The molecule has 1 aliphatic rings. The summed E-state index contributed by atoms with van der Waals surface area (Å²) in [5.41, 5.74) is 2.11. The SMILES string of the molecule is CCOc1ccc(/C(O)=C2\C(=O)C(=O)N(CCCOC)C2c2cn(C)c3ccccc23)c(OCC)c1. The molecule has 8 heteroatoms. The monoisotopic (exact) mass is 492 g/mol. The van der Waals surface area contributed by atoms with Gasteiger partial charge in [0.1, 0.15) is 17.3 Å². The number of rotatable bonds is 10. The number of aliphatic hydroxyl groups excluding tert-OH is 1. The average molecular weight is 493 g/mol. The number of Topliss-reactive ketones (excluding diaryl/α,β-unsaturated/α-hetero) is 1. The highest BCUT2D eigenvalue weighted by atomic mass is 16.5. The van der Waals surface area contributed by atoms with Gasteiger partial charge in [-0.3, -0.25) is 9.59 Å². The van der Waals surface area contributed by atoms with E-state index < -0.39 is 17.7 Å². The lowest BCUT2D eigenvalue weighted by atomic mass is 9.94. The van der Waals surface area contributed by atoms with Crippen molar-refractivity contribution in [2.75, 3.05) is 33.5 Å². The van der Waals surface area contributed by atoms with E-state index in [0.29, 0.717) is 49.8 Å². The molecule has 0 bridgehead atoms. The molecule has 3 aromatic rings. The largest absolute Gasteiger partial charge is 0.507 e. The van der Waals surface area contributed by atoms with Crippen molar-refractivity contribution in [3.05, 3.63) is 65.4 Å². The Morgan fingerprint density at radius 1 is 1.06 bits per heavy atom. The van der Waals surface area contributed by atoms with E-state index in [1.165, 1.54) is 4.90 Å². The lowest BCUT2D eigenvalue weighted by molar-refractivity contribution is -0.140. The number of methoxy groups -OCH3 is 1. The van der Waals surface area contributed by atoms with Gasteiger partial charge in [0, 0.05) is 56.0 Å². The van der Waals surface area contributed by atoms with Gasteiger partial charge in [-0.2, -0.15) is 0 Å². The van der Waals surface area contributed by atoms with Crippen molar-refractivity contribution in [1.29, 1.82) is 0 Å².